The molecule has 0 fully saturated rings. The Kier molecular flexibility index (Phi) is 6.01. The van der Waals surface area contributed by atoms with Crippen LogP contribution in [0.3, 0.4) is 0 Å². The van der Waals surface area contributed by atoms with Crippen LogP contribution in [0.15, 0.2) is 55.1 Å². The van der Waals surface area contributed by atoms with Crippen LogP contribution in [0.2, 0.25) is 0 Å². The van der Waals surface area contributed by atoms with Crippen molar-refractivity contribution in [3.63, 3.8) is 0 Å². The van der Waals surface area contributed by atoms with Gasteiger partial charge in [-0.2, -0.15) is 0 Å². The molecule has 0 aromatic heterocycles. The van der Waals surface area contributed by atoms with Crippen LogP contribution in [0, 0.1) is 17.5 Å². The number of ether oxygens (including phenoxy) is 1. The minimum Gasteiger partial charge on any atom is -0.494 e. The Bertz CT molecular complexity index is 1100. The van der Waals surface area contributed by atoms with E-state index in [9.17, 15) is 22.0 Å². The molecule has 0 saturated heterocycles. The summed E-state index contributed by atoms with van der Waals surface area (Å²) in [6.45, 7) is 3.62. The molecule has 150 valence electrons. The molecule has 0 aliphatic carbocycles. The Balaban J connectivity index is 2.09. The highest BCUT2D eigenvalue weighted by Gasteiger charge is 2.23. The van der Waals surface area contributed by atoms with Crippen molar-refractivity contribution in [3.8, 4) is 5.75 Å². The van der Waals surface area contributed by atoms with E-state index in [-0.39, 0.29) is 16.7 Å². The molecule has 0 radical (unpaired) electrons. The second-order valence-electron chi connectivity index (χ2n) is 6.38. The smallest absolute Gasteiger partial charge is 0.175 e. The predicted octanol–water partition coefficient (Wildman–Crippen LogP) is 7.15. The number of aryl methyl sites for hydroxylation is 1. The van der Waals surface area contributed by atoms with E-state index in [1.54, 1.807) is 18.2 Å². The van der Waals surface area contributed by atoms with Crippen molar-refractivity contribution >= 4 is 22.4 Å². The molecule has 0 aliphatic heterocycles. The van der Waals surface area contributed by atoms with Gasteiger partial charge in [0.05, 0.1) is 18.1 Å². The molecule has 0 heterocycles. The van der Waals surface area contributed by atoms with Crippen molar-refractivity contribution in [2.45, 2.75) is 12.8 Å². The van der Waals surface area contributed by atoms with E-state index >= 15 is 0 Å². The van der Waals surface area contributed by atoms with Gasteiger partial charge in [-0.05, 0) is 35.9 Å². The highest BCUT2D eigenvalue weighted by atomic mass is 19.2. The number of hydrogen-bond donors (Lipinski definition) is 0. The maximum Gasteiger partial charge on any atom is 0.175 e. The van der Waals surface area contributed by atoms with Gasteiger partial charge in [0.2, 0.25) is 0 Å². The third-order valence-electron chi connectivity index (χ3n) is 4.58. The largest absolute Gasteiger partial charge is 0.494 e. The number of allylic oxidation sites excluding steroid dienone is 1. The minimum atomic E-state index is -1.68. The standard InChI is InChI=1S/C23H17F5O/c1-3-4-5-13-6-8-14(9-7-13)19(24)20(25)16-12-15-10-11-17(29-2)22(27)18(15)23(28)21(16)26/h3,6-12H,1,4-5H2,2H3. The van der Waals surface area contributed by atoms with E-state index < -0.39 is 40.1 Å². The number of fused-ring (bicyclic) bond motifs is 1. The minimum absolute atomic E-state index is 0.120. The number of halogens is 5. The molecule has 1 nitrogen and oxygen atoms in total. The van der Waals surface area contributed by atoms with Crippen LogP contribution >= 0.6 is 0 Å². The Labute approximate surface area is 164 Å². The summed E-state index contributed by atoms with van der Waals surface area (Å²) in [5.74, 6) is -7.61. The number of rotatable bonds is 6. The van der Waals surface area contributed by atoms with Crippen LogP contribution in [0.1, 0.15) is 23.1 Å². The first-order valence-electron chi connectivity index (χ1n) is 8.79. The molecule has 0 bridgehead atoms. The van der Waals surface area contributed by atoms with Crippen molar-refractivity contribution in [3.05, 3.63) is 89.3 Å². The second-order valence-corrected chi connectivity index (χ2v) is 6.38. The van der Waals surface area contributed by atoms with Crippen LogP contribution in [-0.4, -0.2) is 7.11 Å². The van der Waals surface area contributed by atoms with Gasteiger partial charge in [-0.1, -0.05) is 36.4 Å². The maximum atomic E-state index is 14.7. The highest BCUT2D eigenvalue weighted by Crippen LogP contribution is 2.36. The van der Waals surface area contributed by atoms with Crippen LogP contribution < -0.4 is 4.74 Å². The molecule has 0 atom stereocenters. The molecule has 0 spiro atoms. The summed E-state index contributed by atoms with van der Waals surface area (Å²) >= 11 is 0. The Morgan fingerprint density at radius 1 is 0.931 bits per heavy atom. The van der Waals surface area contributed by atoms with Gasteiger partial charge in [0.15, 0.2) is 34.9 Å². The zero-order valence-corrected chi connectivity index (χ0v) is 15.5. The van der Waals surface area contributed by atoms with E-state index in [1.807, 2.05) is 0 Å². The fourth-order valence-corrected chi connectivity index (χ4v) is 3.01. The summed E-state index contributed by atoms with van der Waals surface area (Å²) in [6, 6.07) is 9.24. The summed E-state index contributed by atoms with van der Waals surface area (Å²) in [4.78, 5) is 0. The van der Waals surface area contributed by atoms with Gasteiger partial charge < -0.3 is 4.74 Å². The molecule has 6 heteroatoms. The molecule has 0 unspecified atom stereocenters. The van der Waals surface area contributed by atoms with Crippen molar-refractivity contribution in [1.29, 1.82) is 0 Å². The lowest BCUT2D eigenvalue weighted by atomic mass is 10.0. The van der Waals surface area contributed by atoms with E-state index in [1.165, 1.54) is 31.4 Å². The molecule has 3 aromatic rings. The lowest BCUT2D eigenvalue weighted by Gasteiger charge is -2.10. The van der Waals surface area contributed by atoms with E-state index in [4.69, 9.17) is 4.74 Å². The molecule has 3 aromatic carbocycles. The molecule has 0 saturated carbocycles. The Hall–Kier alpha value is -3.15. The molecule has 0 amide bonds. The van der Waals surface area contributed by atoms with Gasteiger partial charge in [0, 0.05) is 5.56 Å². The first kappa shape index (κ1) is 20.6. The quantitative estimate of drug-likeness (QED) is 0.241. The van der Waals surface area contributed by atoms with Crippen molar-refractivity contribution in [1.82, 2.24) is 0 Å². The maximum absolute atomic E-state index is 14.7. The van der Waals surface area contributed by atoms with E-state index in [0.717, 1.165) is 18.1 Å². The van der Waals surface area contributed by atoms with Crippen LogP contribution in [0.25, 0.3) is 22.4 Å². The predicted molar refractivity (Wildman–Crippen MR) is 104 cm³/mol. The van der Waals surface area contributed by atoms with Crippen LogP contribution in [-0.2, 0) is 6.42 Å². The van der Waals surface area contributed by atoms with Gasteiger partial charge in [-0.3, -0.25) is 0 Å². The molecule has 0 N–H and O–H groups in total. The lowest BCUT2D eigenvalue weighted by molar-refractivity contribution is 0.388. The summed E-state index contributed by atoms with van der Waals surface area (Å²) in [6.07, 6.45) is 3.16. The average molecular weight is 404 g/mol. The number of methoxy groups -OCH3 is 1. The van der Waals surface area contributed by atoms with Gasteiger partial charge in [0.1, 0.15) is 0 Å². The summed E-state index contributed by atoms with van der Waals surface area (Å²) in [7, 11) is 1.17. The summed E-state index contributed by atoms with van der Waals surface area (Å²) in [5, 5.41) is -0.815. The zero-order valence-electron chi connectivity index (χ0n) is 15.5. The first-order chi connectivity index (χ1) is 13.9. The monoisotopic (exact) mass is 404 g/mol. The topological polar surface area (TPSA) is 9.23 Å². The SMILES string of the molecule is C=CCCc1ccc(C(F)=C(F)c2cc3ccc(OC)c(F)c3c(F)c2F)cc1. The third kappa shape index (κ3) is 3.88. The van der Waals surface area contributed by atoms with Gasteiger partial charge in [-0.15, -0.1) is 6.58 Å². The first-order valence-corrected chi connectivity index (χ1v) is 8.79. The number of hydrogen-bond acceptors (Lipinski definition) is 1. The Morgan fingerprint density at radius 3 is 2.24 bits per heavy atom. The fourth-order valence-electron chi connectivity index (χ4n) is 3.01. The third-order valence-corrected chi connectivity index (χ3v) is 4.58. The zero-order chi connectivity index (χ0) is 21.1. The molecule has 29 heavy (non-hydrogen) atoms. The van der Waals surface area contributed by atoms with Crippen LogP contribution in [0.5, 0.6) is 5.75 Å². The fraction of sp³-hybridized carbons (Fsp3) is 0.130. The molecule has 0 aliphatic rings. The summed E-state index contributed by atoms with van der Waals surface area (Å²) in [5.41, 5.74) is -0.146. The average Bonchev–Trinajstić information content (AvgIpc) is 2.74. The van der Waals surface area contributed by atoms with Gasteiger partial charge in [-0.25, -0.2) is 22.0 Å². The highest BCUT2D eigenvalue weighted by molar-refractivity contribution is 5.91. The van der Waals surface area contributed by atoms with E-state index in [0.29, 0.717) is 6.42 Å². The van der Waals surface area contributed by atoms with Crippen LogP contribution in [0.4, 0.5) is 22.0 Å². The second kappa shape index (κ2) is 8.47. The molecular formula is C23H17F5O. The van der Waals surface area contributed by atoms with Crippen molar-refractivity contribution in [2.24, 2.45) is 0 Å². The van der Waals surface area contributed by atoms with Gasteiger partial charge in [0.25, 0.3) is 0 Å². The van der Waals surface area contributed by atoms with Crippen molar-refractivity contribution in [2.75, 3.05) is 7.11 Å². The molecular weight excluding hydrogens is 387 g/mol. The lowest BCUT2D eigenvalue weighted by Crippen LogP contribution is -1.98. The summed E-state index contributed by atoms with van der Waals surface area (Å²) < 4.78 is 77.2. The van der Waals surface area contributed by atoms with E-state index in [2.05, 4.69) is 6.58 Å². The molecule has 3 rings (SSSR count). The Morgan fingerprint density at radius 2 is 1.62 bits per heavy atom. The number of benzene rings is 3. The van der Waals surface area contributed by atoms with Crippen molar-refractivity contribution < 1.29 is 26.7 Å². The van der Waals surface area contributed by atoms with Gasteiger partial charge >= 0.3 is 0 Å². The normalized spacial score (nSPS) is 12.1.